The standard InChI is InChI=1S/C27H32BrN3O3/c1-34-22-8-4-20(5-9-22)27(12-13-27)26(33)30-23(16-18-2-6-21(28)7-3-18)25(32)29-24-17-31-14-10-19(24)11-15-31/h2-9,19,23-24H,10-17H2,1H3,(H,29,32)(H,30,33)/t23-,24+/m0/s1. The van der Waals surface area contributed by atoms with Crippen LogP contribution in [0.2, 0.25) is 0 Å². The number of carbonyl (C=O) groups excluding carboxylic acids is 2. The zero-order valence-electron chi connectivity index (χ0n) is 19.6. The molecule has 6 rings (SSSR count). The zero-order chi connectivity index (χ0) is 23.7. The summed E-state index contributed by atoms with van der Waals surface area (Å²) in [4.78, 5) is 29.4. The number of ether oxygens (including phenoxy) is 1. The number of halogens is 1. The molecule has 7 heteroatoms. The molecule has 0 spiro atoms. The van der Waals surface area contributed by atoms with Gasteiger partial charge in [0.1, 0.15) is 11.8 Å². The van der Waals surface area contributed by atoms with Crippen LogP contribution in [0.3, 0.4) is 0 Å². The lowest BCUT2D eigenvalue weighted by atomic mass is 9.84. The van der Waals surface area contributed by atoms with Crippen molar-refractivity contribution >= 4 is 27.7 Å². The Labute approximate surface area is 209 Å². The lowest BCUT2D eigenvalue weighted by molar-refractivity contribution is -0.131. The van der Waals surface area contributed by atoms with Crippen molar-refractivity contribution in [2.75, 3.05) is 26.7 Å². The van der Waals surface area contributed by atoms with Crippen LogP contribution in [0.15, 0.2) is 53.0 Å². The van der Waals surface area contributed by atoms with E-state index in [9.17, 15) is 9.59 Å². The van der Waals surface area contributed by atoms with E-state index < -0.39 is 11.5 Å². The van der Waals surface area contributed by atoms with Crippen LogP contribution in [0.4, 0.5) is 0 Å². The number of fused-ring (bicyclic) bond motifs is 3. The Hall–Kier alpha value is -2.38. The molecule has 2 aromatic carbocycles. The maximum absolute atomic E-state index is 13.5. The first-order valence-electron chi connectivity index (χ1n) is 12.2. The Balaban J connectivity index is 1.32. The fraction of sp³-hybridized carbons (Fsp3) is 0.481. The average Bonchev–Trinajstić information content (AvgIpc) is 3.68. The molecule has 1 aliphatic carbocycles. The molecule has 3 heterocycles. The first kappa shape index (κ1) is 23.4. The number of nitrogens with zero attached hydrogens (tertiary/aromatic N) is 1. The first-order valence-corrected chi connectivity index (χ1v) is 13.0. The largest absolute Gasteiger partial charge is 0.497 e. The number of carbonyl (C=O) groups is 2. The fourth-order valence-corrected chi connectivity index (χ4v) is 5.72. The normalized spacial score (nSPS) is 25.3. The number of nitrogens with one attached hydrogen (secondary N) is 2. The minimum atomic E-state index is -0.611. The van der Waals surface area contributed by atoms with E-state index in [0.717, 1.165) is 66.7 Å². The summed E-state index contributed by atoms with van der Waals surface area (Å²) in [7, 11) is 1.63. The number of hydrogen-bond donors (Lipinski definition) is 2. The van der Waals surface area contributed by atoms with Crippen LogP contribution < -0.4 is 15.4 Å². The van der Waals surface area contributed by atoms with Gasteiger partial charge in [0.2, 0.25) is 11.8 Å². The number of amides is 2. The van der Waals surface area contributed by atoms with Crippen LogP contribution in [0.25, 0.3) is 0 Å². The quantitative estimate of drug-likeness (QED) is 0.553. The lowest BCUT2D eigenvalue weighted by Crippen LogP contribution is -2.60. The molecule has 2 aromatic rings. The molecule has 34 heavy (non-hydrogen) atoms. The molecule has 3 saturated heterocycles. The number of methoxy groups -OCH3 is 1. The van der Waals surface area contributed by atoms with E-state index in [1.807, 2.05) is 48.5 Å². The van der Waals surface area contributed by atoms with Gasteiger partial charge in [-0.2, -0.15) is 0 Å². The van der Waals surface area contributed by atoms with E-state index in [1.54, 1.807) is 7.11 Å². The van der Waals surface area contributed by atoms with Gasteiger partial charge in [0.15, 0.2) is 0 Å². The van der Waals surface area contributed by atoms with E-state index in [-0.39, 0.29) is 17.9 Å². The van der Waals surface area contributed by atoms with Gasteiger partial charge in [0, 0.05) is 23.5 Å². The van der Waals surface area contributed by atoms with E-state index in [4.69, 9.17) is 4.74 Å². The molecule has 1 saturated carbocycles. The lowest BCUT2D eigenvalue weighted by Gasteiger charge is -2.45. The summed E-state index contributed by atoms with van der Waals surface area (Å²) in [6, 6.07) is 15.2. The summed E-state index contributed by atoms with van der Waals surface area (Å²) in [6.45, 7) is 3.16. The molecule has 3 aliphatic heterocycles. The Morgan fingerprint density at radius 1 is 1.09 bits per heavy atom. The SMILES string of the molecule is COc1ccc(C2(C(=O)N[C@@H](Cc3ccc(Br)cc3)C(=O)N[C@@H]3C[N@]4CC[C@H]3CC4)CC2)cc1. The third-order valence-electron chi connectivity index (χ3n) is 7.79. The van der Waals surface area contributed by atoms with Crippen LogP contribution in [0.1, 0.15) is 36.8 Å². The minimum Gasteiger partial charge on any atom is -0.497 e. The molecule has 4 fully saturated rings. The van der Waals surface area contributed by atoms with Crippen LogP contribution in [0, 0.1) is 5.92 Å². The van der Waals surface area contributed by atoms with Crippen molar-refractivity contribution in [2.24, 2.45) is 5.92 Å². The summed E-state index contributed by atoms with van der Waals surface area (Å²) in [5, 5.41) is 6.43. The van der Waals surface area contributed by atoms with Crippen molar-refractivity contribution in [2.45, 2.75) is 49.6 Å². The molecule has 2 bridgehead atoms. The molecule has 0 radical (unpaired) electrons. The number of rotatable bonds is 8. The molecule has 0 unspecified atom stereocenters. The summed E-state index contributed by atoms with van der Waals surface area (Å²) in [6.07, 6.45) is 4.31. The van der Waals surface area contributed by atoms with Gasteiger partial charge in [0.05, 0.1) is 12.5 Å². The van der Waals surface area contributed by atoms with Crippen molar-refractivity contribution in [1.29, 1.82) is 0 Å². The molecule has 0 aromatic heterocycles. The van der Waals surface area contributed by atoms with Gasteiger partial charge in [-0.15, -0.1) is 0 Å². The van der Waals surface area contributed by atoms with Gasteiger partial charge >= 0.3 is 0 Å². The van der Waals surface area contributed by atoms with Crippen molar-refractivity contribution < 1.29 is 14.3 Å². The Morgan fingerprint density at radius 3 is 2.32 bits per heavy atom. The highest BCUT2D eigenvalue weighted by Gasteiger charge is 2.52. The third-order valence-corrected chi connectivity index (χ3v) is 8.31. The summed E-state index contributed by atoms with van der Waals surface area (Å²) in [5.41, 5.74) is 1.44. The molecular formula is C27H32BrN3O3. The first-order chi connectivity index (χ1) is 16.5. The van der Waals surface area contributed by atoms with E-state index in [2.05, 4.69) is 31.5 Å². The maximum Gasteiger partial charge on any atom is 0.243 e. The molecule has 180 valence electrons. The van der Waals surface area contributed by atoms with Gasteiger partial charge in [0.25, 0.3) is 0 Å². The van der Waals surface area contributed by atoms with Crippen LogP contribution in [-0.4, -0.2) is 55.5 Å². The van der Waals surface area contributed by atoms with Gasteiger partial charge in [-0.3, -0.25) is 9.59 Å². The third kappa shape index (κ3) is 4.86. The Kier molecular flexibility index (Phi) is 6.67. The minimum absolute atomic E-state index is 0.0659. The zero-order valence-corrected chi connectivity index (χ0v) is 21.1. The van der Waals surface area contributed by atoms with Gasteiger partial charge < -0.3 is 20.3 Å². The molecule has 2 amide bonds. The van der Waals surface area contributed by atoms with Crippen LogP contribution in [0.5, 0.6) is 5.75 Å². The molecule has 2 N–H and O–H groups in total. The topological polar surface area (TPSA) is 70.7 Å². The smallest absolute Gasteiger partial charge is 0.243 e. The van der Waals surface area contributed by atoms with Gasteiger partial charge in [-0.1, -0.05) is 40.2 Å². The highest BCUT2D eigenvalue weighted by atomic mass is 79.9. The summed E-state index contributed by atoms with van der Waals surface area (Å²) >= 11 is 3.47. The fourth-order valence-electron chi connectivity index (χ4n) is 5.46. The summed E-state index contributed by atoms with van der Waals surface area (Å²) in [5.74, 6) is 1.15. The van der Waals surface area contributed by atoms with E-state index in [0.29, 0.717) is 12.3 Å². The van der Waals surface area contributed by atoms with Crippen LogP contribution in [-0.2, 0) is 21.4 Å². The number of hydrogen-bond acceptors (Lipinski definition) is 4. The predicted octanol–water partition coefficient (Wildman–Crippen LogP) is 3.43. The molecular weight excluding hydrogens is 494 g/mol. The second-order valence-electron chi connectivity index (χ2n) is 9.92. The number of benzene rings is 2. The highest BCUT2D eigenvalue weighted by Crippen LogP contribution is 2.48. The number of piperidine rings is 3. The molecule has 2 atom stereocenters. The Morgan fingerprint density at radius 2 is 1.76 bits per heavy atom. The maximum atomic E-state index is 13.5. The van der Waals surface area contributed by atoms with Crippen molar-refractivity contribution in [3.8, 4) is 5.75 Å². The van der Waals surface area contributed by atoms with E-state index >= 15 is 0 Å². The second-order valence-corrected chi connectivity index (χ2v) is 10.8. The highest BCUT2D eigenvalue weighted by molar-refractivity contribution is 9.10. The van der Waals surface area contributed by atoms with E-state index in [1.165, 1.54) is 0 Å². The van der Waals surface area contributed by atoms with Crippen LogP contribution >= 0.6 is 15.9 Å². The van der Waals surface area contributed by atoms with Crippen molar-refractivity contribution in [1.82, 2.24) is 15.5 Å². The second kappa shape index (κ2) is 9.70. The van der Waals surface area contributed by atoms with Gasteiger partial charge in [-0.05, 0) is 80.1 Å². The van der Waals surface area contributed by atoms with Gasteiger partial charge in [-0.25, -0.2) is 0 Å². The molecule has 4 aliphatic rings. The predicted molar refractivity (Wildman–Crippen MR) is 135 cm³/mol. The molecule has 6 nitrogen and oxygen atoms in total. The summed E-state index contributed by atoms with van der Waals surface area (Å²) < 4.78 is 6.26. The Bertz CT molecular complexity index is 1030. The van der Waals surface area contributed by atoms with Crippen molar-refractivity contribution in [3.63, 3.8) is 0 Å². The monoisotopic (exact) mass is 525 g/mol. The van der Waals surface area contributed by atoms with Crippen molar-refractivity contribution in [3.05, 3.63) is 64.1 Å². The average molecular weight is 526 g/mol.